The van der Waals surface area contributed by atoms with Gasteiger partial charge in [0.2, 0.25) is 0 Å². The van der Waals surface area contributed by atoms with Gasteiger partial charge in [-0.3, -0.25) is 4.79 Å². The number of hydrogen-bond donors (Lipinski definition) is 2. The van der Waals surface area contributed by atoms with Crippen molar-refractivity contribution < 1.29 is 9.59 Å². The number of piperazine rings is 1. The summed E-state index contributed by atoms with van der Waals surface area (Å²) in [6.45, 7) is 1.96. The van der Waals surface area contributed by atoms with Gasteiger partial charge in [0.25, 0.3) is 5.91 Å². The van der Waals surface area contributed by atoms with Crippen molar-refractivity contribution >= 4 is 41.6 Å². The number of carbonyl (C=O) groups is 2. The second-order valence-electron chi connectivity index (χ2n) is 6.65. The van der Waals surface area contributed by atoms with Gasteiger partial charge in [0, 0.05) is 50.0 Å². The van der Waals surface area contributed by atoms with Crippen molar-refractivity contribution in [3.63, 3.8) is 0 Å². The number of rotatable bonds is 3. The zero-order valence-electron chi connectivity index (χ0n) is 15.8. The van der Waals surface area contributed by atoms with Crippen LogP contribution in [0.1, 0.15) is 22.0 Å². The minimum atomic E-state index is -0.240. The number of nitrogens with zero attached hydrogens (tertiary/aromatic N) is 2. The van der Waals surface area contributed by atoms with Crippen LogP contribution in [0, 0.1) is 0 Å². The van der Waals surface area contributed by atoms with Crippen LogP contribution in [0.2, 0.25) is 5.02 Å². The molecule has 1 atom stereocenters. The molecule has 1 unspecified atom stereocenters. The predicted molar refractivity (Wildman–Crippen MR) is 114 cm³/mol. The highest BCUT2D eigenvalue weighted by Gasteiger charge is 2.29. The molecule has 1 aliphatic heterocycles. The van der Waals surface area contributed by atoms with E-state index in [0.717, 1.165) is 12.1 Å². The molecule has 2 aromatic carbocycles. The minimum absolute atomic E-state index is 0. The Hall–Kier alpha value is -2.28. The first-order valence-corrected chi connectivity index (χ1v) is 9.19. The maximum atomic E-state index is 13.2. The van der Waals surface area contributed by atoms with Gasteiger partial charge >= 0.3 is 6.03 Å². The topological polar surface area (TPSA) is 64.7 Å². The third-order valence-corrected chi connectivity index (χ3v) is 4.88. The van der Waals surface area contributed by atoms with E-state index in [1.165, 1.54) is 4.90 Å². The Morgan fingerprint density at radius 1 is 1.18 bits per heavy atom. The molecule has 0 saturated carbocycles. The molecule has 0 aromatic heterocycles. The average Bonchev–Trinajstić information content (AvgIpc) is 2.68. The monoisotopic (exact) mass is 422 g/mol. The highest BCUT2D eigenvalue weighted by atomic mass is 35.5. The van der Waals surface area contributed by atoms with Crippen LogP contribution in [0.25, 0.3) is 0 Å². The Morgan fingerprint density at radius 2 is 1.93 bits per heavy atom. The predicted octanol–water partition coefficient (Wildman–Crippen LogP) is 3.64. The van der Waals surface area contributed by atoms with E-state index in [0.29, 0.717) is 29.4 Å². The summed E-state index contributed by atoms with van der Waals surface area (Å²) < 4.78 is 0. The third kappa shape index (κ3) is 4.95. The molecule has 150 valence electrons. The maximum Gasteiger partial charge on any atom is 0.321 e. The molecule has 2 N–H and O–H groups in total. The lowest BCUT2D eigenvalue weighted by atomic mass is 10.0. The lowest BCUT2D eigenvalue weighted by Gasteiger charge is -2.37. The van der Waals surface area contributed by atoms with Gasteiger partial charge in [-0.2, -0.15) is 0 Å². The molecule has 28 heavy (non-hydrogen) atoms. The van der Waals surface area contributed by atoms with Gasteiger partial charge < -0.3 is 20.4 Å². The molecule has 1 aliphatic rings. The van der Waals surface area contributed by atoms with Crippen molar-refractivity contribution in [1.29, 1.82) is 0 Å². The lowest BCUT2D eigenvalue weighted by molar-refractivity contribution is 0.0634. The highest BCUT2D eigenvalue weighted by Crippen LogP contribution is 2.30. The second-order valence-corrected chi connectivity index (χ2v) is 7.05. The molecule has 3 amide bonds. The molecule has 1 saturated heterocycles. The van der Waals surface area contributed by atoms with Crippen molar-refractivity contribution in [3.05, 3.63) is 64.7 Å². The average molecular weight is 423 g/mol. The van der Waals surface area contributed by atoms with Crippen molar-refractivity contribution in [2.24, 2.45) is 0 Å². The second kappa shape index (κ2) is 9.78. The molecular weight excluding hydrogens is 399 g/mol. The fourth-order valence-electron chi connectivity index (χ4n) is 3.10. The summed E-state index contributed by atoms with van der Waals surface area (Å²) >= 11 is 6.37. The van der Waals surface area contributed by atoms with Crippen molar-refractivity contribution in [3.8, 4) is 0 Å². The first-order valence-electron chi connectivity index (χ1n) is 8.82. The number of anilines is 1. The Balaban J connectivity index is 0.00000280. The fourth-order valence-corrected chi connectivity index (χ4v) is 3.36. The van der Waals surface area contributed by atoms with Crippen LogP contribution in [0.4, 0.5) is 10.5 Å². The van der Waals surface area contributed by atoms with Crippen LogP contribution < -0.4 is 10.6 Å². The number of hydrogen-bond acceptors (Lipinski definition) is 3. The number of urea groups is 1. The Morgan fingerprint density at radius 3 is 2.64 bits per heavy atom. The van der Waals surface area contributed by atoms with Crippen LogP contribution in [-0.4, -0.2) is 55.5 Å². The van der Waals surface area contributed by atoms with Crippen LogP contribution in [-0.2, 0) is 0 Å². The van der Waals surface area contributed by atoms with Crippen LogP contribution in [0.3, 0.4) is 0 Å². The molecule has 1 heterocycles. The van der Waals surface area contributed by atoms with Crippen LogP contribution >= 0.6 is 24.0 Å². The minimum Gasteiger partial charge on any atom is -0.331 e. The number of benzene rings is 2. The summed E-state index contributed by atoms with van der Waals surface area (Å²) in [6.07, 6.45) is 0. The number of carbonyl (C=O) groups excluding carboxylic acids is 2. The van der Waals surface area contributed by atoms with E-state index in [1.54, 1.807) is 38.4 Å². The molecule has 0 radical (unpaired) electrons. The van der Waals surface area contributed by atoms with Gasteiger partial charge in [-0.05, 0) is 29.8 Å². The summed E-state index contributed by atoms with van der Waals surface area (Å²) in [5, 5.41) is 6.76. The zero-order valence-corrected chi connectivity index (χ0v) is 17.4. The molecule has 6 nitrogen and oxygen atoms in total. The molecule has 3 rings (SSSR count). The summed E-state index contributed by atoms with van der Waals surface area (Å²) in [5.41, 5.74) is 2.05. The molecule has 0 aliphatic carbocycles. The van der Waals surface area contributed by atoms with E-state index in [-0.39, 0.29) is 30.4 Å². The van der Waals surface area contributed by atoms with Gasteiger partial charge in [0.1, 0.15) is 0 Å². The van der Waals surface area contributed by atoms with Crippen molar-refractivity contribution in [2.45, 2.75) is 6.04 Å². The molecule has 1 fully saturated rings. The highest BCUT2D eigenvalue weighted by molar-refractivity contribution is 6.31. The fraction of sp³-hybridized carbons (Fsp3) is 0.300. The first-order chi connectivity index (χ1) is 13.0. The Labute approximate surface area is 176 Å². The standard InChI is InChI=1S/C20H23ClN4O2.ClH/c1-24(2)20(27)23-15-7-5-6-14(12-15)19(26)25-11-10-22-13-18(25)16-8-3-4-9-17(16)21;/h3-9,12,18,22H,10-11,13H2,1-2H3,(H,23,27);1H. The SMILES string of the molecule is CN(C)C(=O)Nc1cccc(C(=O)N2CCNCC2c2ccccc2Cl)c1.Cl. The Bertz CT molecular complexity index is 844. The van der Waals surface area contributed by atoms with Crippen LogP contribution in [0.15, 0.2) is 48.5 Å². The quantitative estimate of drug-likeness (QED) is 0.793. The summed E-state index contributed by atoms with van der Waals surface area (Å²) in [4.78, 5) is 28.3. The number of amides is 3. The van der Waals surface area contributed by atoms with E-state index in [2.05, 4.69) is 10.6 Å². The molecule has 8 heteroatoms. The smallest absolute Gasteiger partial charge is 0.321 e. The Kier molecular flexibility index (Phi) is 7.69. The largest absolute Gasteiger partial charge is 0.331 e. The molecule has 0 spiro atoms. The number of nitrogens with one attached hydrogen (secondary N) is 2. The van der Waals surface area contributed by atoms with E-state index < -0.39 is 0 Å². The third-order valence-electron chi connectivity index (χ3n) is 4.54. The summed E-state index contributed by atoms with van der Waals surface area (Å²) in [7, 11) is 3.33. The molecule has 2 aromatic rings. The van der Waals surface area contributed by atoms with Gasteiger partial charge in [-0.1, -0.05) is 35.9 Å². The van der Waals surface area contributed by atoms with Gasteiger partial charge in [0.05, 0.1) is 6.04 Å². The summed E-state index contributed by atoms with van der Waals surface area (Å²) in [6, 6.07) is 14.2. The van der Waals surface area contributed by atoms with Gasteiger partial charge in [0.15, 0.2) is 0 Å². The van der Waals surface area contributed by atoms with Gasteiger partial charge in [-0.15, -0.1) is 12.4 Å². The van der Waals surface area contributed by atoms with E-state index in [9.17, 15) is 9.59 Å². The van der Waals surface area contributed by atoms with E-state index >= 15 is 0 Å². The molecular formula is C20H24Cl2N4O2. The van der Waals surface area contributed by atoms with Gasteiger partial charge in [-0.25, -0.2) is 4.79 Å². The van der Waals surface area contributed by atoms with Crippen molar-refractivity contribution in [1.82, 2.24) is 15.1 Å². The van der Waals surface area contributed by atoms with E-state index in [1.807, 2.05) is 29.2 Å². The zero-order chi connectivity index (χ0) is 19.4. The van der Waals surface area contributed by atoms with E-state index in [4.69, 9.17) is 11.6 Å². The van der Waals surface area contributed by atoms with Crippen molar-refractivity contribution in [2.75, 3.05) is 39.0 Å². The lowest BCUT2D eigenvalue weighted by Crippen LogP contribution is -2.48. The summed E-state index contributed by atoms with van der Waals surface area (Å²) in [5.74, 6) is -0.0811. The first kappa shape index (κ1) is 22.0. The number of halogens is 2. The normalized spacial score (nSPS) is 16.1. The maximum absolute atomic E-state index is 13.2. The van der Waals surface area contributed by atoms with Crippen LogP contribution in [0.5, 0.6) is 0 Å². The molecule has 0 bridgehead atoms.